The van der Waals surface area contributed by atoms with Crippen molar-refractivity contribution in [3.63, 3.8) is 0 Å². The molecule has 4 nitrogen and oxygen atoms in total. The molecule has 0 saturated carbocycles. The lowest BCUT2D eigenvalue weighted by Gasteiger charge is -2.22. The highest BCUT2D eigenvalue weighted by atomic mass is 35.5. The van der Waals surface area contributed by atoms with Gasteiger partial charge in [-0.25, -0.2) is 0 Å². The number of hydrogen-bond acceptors (Lipinski definition) is 2. The van der Waals surface area contributed by atoms with Gasteiger partial charge in [0.25, 0.3) is 0 Å². The van der Waals surface area contributed by atoms with Gasteiger partial charge >= 0.3 is 5.97 Å². The molecule has 0 saturated heterocycles. The Bertz CT molecular complexity index is 707. The van der Waals surface area contributed by atoms with Crippen molar-refractivity contribution in [3.05, 3.63) is 58.9 Å². The predicted molar refractivity (Wildman–Crippen MR) is 74.1 cm³/mol. The number of halogens is 1. The van der Waals surface area contributed by atoms with Crippen LogP contribution in [0.4, 0.5) is 0 Å². The number of ketones is 1. The molecule has 0 aliphatic carbocycles. The summed E-state index contributed by atoms with van der Waals surface area (Å²) in [6.45, 7) is 0.529. The first-order valence-corrected chi connectivity index (χ1v) is 6.63. The van der Waals surface area contributed by atoms with E-state index in [1.165, 1.54) is 6.07 Å². The fourth-order valence-electron chi connectivity index (χ4n) is 2.83. The highest BCUT2D eigenvalue weighted by Gasteiger charge is 2.52. The van der Waals surface area contributed by atoms with Gasteiger partial charge in [0.2, 0.25) is 0 Å². The van der Waals surface area contributed by atoms with Crippen molar-refractivity contribution in [1.29, 1.82) is 0 Å². The molecule has 3 rings (SSSR count). The van der Waals surface area contributed by atoms with Gasteiger partial charge in [-0.1, -0.05) is 23.7 Å². The van der Waals surface area contributed by atoms with E-state index in [-0.39, 0.29) is 6.42 Å². The van der Waals surface area contributed by atoms with E-state index >= 15 is 0 Å². The first-order chi connectivity index (χ1) is 9.55. The van der Waals surface area contributed by atoms with Gasteiger partial charge in [-0.15, -0.1) is 0 Å². The van der Waals surface area contributed by atoms with Crippen LogP contribution in [0.25, 0.3) is 0 Å². The summed E-state index contributed by atoms with van der Waals surface area (Å²) in [6, 6.07) is 9.88. The van der Waals surface area contributed by atoms with E-state index in [2.05, 4.69) is 0 Å². The maximum Gasteiger partial charge on any atom is 0.323 e. The molecule has 102 valence electrons. The topological polar surface area (TPSA) is 59.3 Å². The van der Waals surface area contributed by atoms with Crippen molar-refractivity contribution in [2.75, 3.05) is 0 Å². The van der Waals surface area contributed by atoms with Crippen LogP contribution in [0.15, 0.2) is 42.6 Å². The average Bonchev–Trinajstić information content (AvgIpc) is 2.99. The van der Waals surface area contributed by atoms with Gasteiger partial charge in [0, 0.05) is 29.0 Å². The molecule has 1 aromatic carbocycles. The summed E-state index contributed by atoms with van der Waals surface area (Å²) in [5.74, 6) is -1.52. The molecule has 0 bridgehead atoms. The summed E-state index contributed by atoms with van der Waals surface area (Å²) in [5.41, 5.74) is -0.640. The second-order valence-corrected chi connectivity index (χ2v) is 5.32. The summed E-state index contributed by atoms with van der Waals surface area (Å²) in [4.78, 5) is 24.6. The number of aryl methyl sites for hydroxylation is 1. The molecule has 0 amide bonds. The van der Waals surface area contributed by atoms with Crippen LogP contribution in [-0.4, -0.2) is 21.4 Å². The van der Waals surface area contributed by atoms with E-state index in [0.717, 1.165) is 0 Å². The van der Waals surface area contributed by atoms with Gasteiger partial charge in [-0.2, -0.15) is 0 Å². The molecule has 1 N–H and O–H groups in total. The van der Waals surface area contributed by atoms with Gasteiger partial charge in [0.15, 0.2) is 11.2 Å². The molecule has 0 fully saturated rings. The van der Waals surface area contributed by atoms with Crippen molar-refractivity contribution >= 4 is 23.4 Å². The second-order valence-electron chi connectivity index (χ2n) is 4.89. The lowest BCUT2D eigenvalue weighted by Crippen LogP contribution is -2.42. The van der Waals surface area contributed by atoms with Crippen LogP contribution in [0, 0.1) is 0 Å². The van der Waals surface area contributed by atoms with E-state index in [9.17, 15) is 14.7 Å². The summed E-state index contributed by atoms with van der Waals surface area (Å²) >= 11 is 5.89. The molecule has 0 radical (unpaired) electrons. The molecular weight excluding hydrogens is 278 g/mol. The standard InChI is InChI=1S/C15H12ClNO3/c16-11-4-1-3-10(9-11)13(18)15(14(19)20)6-8-17-7-2-5-12(15)17/h1-5,7,9H,6,8H2,(H,19,20). The number of Topliss-reactive ketones (excluding diaryl/α,β-unsaturated/α-hetero) is 1. The van der Waals surface area contributed by atoms with Gasteiger partial charge in [0.05, 0.1) is 0 Å². The number of nitrogens with zero attached hydrogens (tertiary/aromatic N) is 1. The number of carboxylic acids is 1. The van der Waals surface area contributed by atoms with Crippen LogP contribution in [0.1, 0.15) is 22.5 Å². The number of rotatable bonds is 3. The maximum absolute atomic E-state index is 12.8. The van der Waals surface area contributed by atoms with Gasteiger partial charge in [-0.05, 0) is 30.7 Å². The Morgan fingerprint density at radius 1 is 1.25 bits per heavy atom. The Hall–Kier alpha value is -2.07. The van der Waals surface area contributed by atoms with Crippen LogP contribution in [0.2, 0.25) is 5.02 Å². The number of carbonyl (C=O) groups excluding carboxylic acids is 1. The Kier molecular flexibility index (Phi) is 2.91. The molecule has 2 aromatic rings. The fourth-order valence-corrected chi connectivity index (χ4v) is 3.02. The van der Waals surface area contributed by atoms with Crippen molar-refractivity contribution in [1.82, 2.24) is 4.57 Å². The number of carbonyl (C=O) groups is 2. The minimum absolute atomic E-state index is 0.268. The van der Waals surface area contributed by atoms with E-state index in [0.29, 0.717) is 22.8 Å². The van der Waals surface area contributed by atoms with Gasteiger partial charge in [0.1, 0.15) is 0 Å². The third kappa shape index (κ3) is 1.68. The second kappa shape index (κ2) is 4.49. The van der Waals surface area contributed by atoms with E-state index in [4.69, 9.17) is 11.6 Å². The van der Waals surface area contributed by atoms with Crippen LogP contribution in [0.5, 0.6) is 0 Å². The molecule has 1 aromatic heterocycles. The molecule has 1 atom stereocenters. The monoisotopic (exact) mass is 289 g/mol. The molecule has 5 heteroatoms. The smallest absolute Gasteiger partial charge is 0.323 e. The number of hydrogen-bond donors (Lipinski definition) is 1. The molecular formula is C15H12ClNO3. The van der Waals surface area contributed by atoms with Crippen LogP contribution < -0.4 is 0 Å². The van der Waals surface area contributed by atoms with Crippen molar-refractivity contribution in [2.24, 2.45) is 0 Å². The molecule has 1 aliphatic rings. The fraction of sp³-hybridized carbons (Fsp3) is 0.200. The van der Waals surface area contributed by atoms with Crippen LogP contribution in [0.3, 0.4) is 0 Å². The van der Waals surface area contributed by atoms with Crippen molar-refractivity contribution in [3.8, 4) is 0 Å². The summed E-state index contributed by atoms with van der Waals surface area (Å²) in [7, 11) is 0. The van der Waals surface area contributed by atoms with Crippen LogP contribution >= 0.6 is 11.6 Å². The highest BCUT2D eigenvalue weighted by molar-refractivity contribution is 6.31. The van der Waals surface area contributed by atoms with Gasteiger partial charge < -0.3 is 9.67 Å². The summed E-state index contributed by atoms with van der Waals surface area (Å²) in [6.07, 6.45) is 2.06. The molecule has 0 spiro atoms. The van der Waals surface area contributed by atoms with Crippen molar-refractivity contribution in [2.45, 2.75) is 18.4 Å². The average molecular weight is 290 g/mol. The number of fused-ring (bicyclic) bond motifs is 1. The zero-order valence-corrected chi connectivity index (χ0v) is 11.3. The summed E-state index contributed by atoms with van der Waals surface area (Å²) in [5, 5.41) is 10.1. The third-order valence-corrected chi connectivity index (χ3v) is 4.07. The first kappa shape index (κ1) is 12.9. The highest BCUT2D eigenvalue weighted by Crippen LogP contribution is 2.38. The van der Waals surface area contributed by atoms with Gasteiger partial charge in [-0.3, -0.25) is 9.59 Å². The summed E-state index contributed by atoms with van der Waals surface area (Å²) < 4.78 is 1.82. The minimum atomic E-state index is -1.51. The number of aromatic nitrogens is 1. The van der Waals surface area contributed by atoms with Crippen molar-refractivity contribution < 1.29 is 14.7 Å². The SMILES string of the molecule is O=C(O)C1(C(=O)c2cccc(Cl)c2)CCn2cccc21. The number of benzene rings is 1. The predicted octanol–water partition coefficient (Wildman–Crippen LogP) is 2.75. The molecule has 1 aliphatic heterocycles. The maximum atomic E-state index is 12.8. The molecule has 20 heavy (non-hydrogen) atoms. The van der Waals surface area contributed by atoms with Crippen LogP contribution in [-0.2, 0) is 16.8 Å². The minimum Gasteiger partial charge on any atom is -0.480 e. The Balaban J connectivity index is 2.14. The lowest BCUT2D eigenvalue weighted by molar-refractivity contribution is -0.141. The number of aliphatic carboxylic acids is 1. The van der Waals surface area contributed by atoms with E-state index in [1.54, 1.807) is 36.5 Å². The largest absolute Gasteiger partial charge is 0.480 e. The Morgan fingerprint density at radius 3 is 2.75 bits per heavy atom. The molecule has 2 heterocycles. The normalized spacial score (nSPS) is 20.6. The number of carboxylic acid groups (broad SMARTS) is 1. The lowest BCUT2D eigenvalue weighted by atomic mass is 9.76. The van der Waals surface area contributed by atoms with E-state index < -0.39 is 17.2 Å². The Labute approximate surface area is 120 Å². The first-order valence-electron chi connectivity index (χ1n) is 6.25. The Morgan fingerprint density at radius 2 is 2.05 bits per heavy atom. The zero-order chi connectivity index (χ0) is 14.3. The molecule has 1 unspecified atom stereocenters. The zero-order valence-electron chi connectivity index (χ0n) is 10.5. The quantitative estimate of drug-likeness (QED) is 0.698. The third-order valence-electron chi connectivity index (χ3n) is 3.83. The van der Waals surface area contributed by atoms with E-state index in [1.807, 2.05) is 4.57 Å².